The Morgan fingerprint density at radius 2 is 1.71 bits per heavy atom. The first-order chi connectivity index (χ1) is 7.97. The number of nitrogens with zero attached hydrogens (tertiary/aromatic N) is 1. The molecule has 2 aliphatic heterocycles. The van der Waals surface area contributed by atoms with Gasteiger partial charge in [-0.25, -0.2) is 0 Å². The molecule has 0 bridgehead atoms. The molecule has 0 aromatic carbocycles. The van der Waals surface area contributed by atoms with Gasteiger partial charge in [0.2, 0.25) is 0 Å². The average Bonchev–Trinajstić information content (AvgIpc) is 2.29. The topological polar surface area (TPSA) is 121 Å². The molecule has 0 aromatic heterocycles. The zero-order valence-corrected chi connectivity index (χ0v) is 9.18. The van der Waals surface area contributed by atoms with Gasteiger partial charge in [0.05, 0.1) is 24.9 Å². The molecule has 2 aliphatic rings. The maximum atomic E-state index is 11.8. The van der Waals surface area contributed by atoms with Gasteiger partial charge in [-0.3, -0.25) is 4.79 Å². The quantitative estimate of drug-likeness (QED) is 0.332. The largest absolute Gasteiger partial charge is 0.394 e. The van der Waals surface area contributed by atoms with Gasteiger partial charge in [-0.2, -0.15) is 0 Å². The van der Waals surface area contributed by atoms with E-state index in [0.29, 0.717) is 0 Å². The van der Waals surface area contributed by atoms with Gasteiger partial charge >= 0.3 is 0 Å². The standard InChI is InChI=1S/C10H17NO6/c12-3-5-8(15)6(13)1-4-2-7(14)9(16)10(17)11(4)5/h4-9,12-16H,1-3H2/t4-,5+,6-,7-,8+,9-/m1/s1. The van der Waals surface area contributed by atoms with Crippen molar-refractivity contribution in [2.24, 2.45) is 0 Å². The summed E-state index contributed by atoms with van der Waals surface area (Å²) in [7, 11) is 0. The fourth-order valence-electron chi connectivity index (χ4n) is 2.70. The number of amides is 1. The summed E-state index contributed by atoms with van der Waals surface area (Å²) >= 11 is 0. The average molecular weight is 247 g/mol. The van der Waals surface area contributed by atoms with Crippen molar-refractivity contribution >= 4 is 5.91 Å². The van der Waals surface area contributed by atoms with Gasteiger partial charge in [0.15, 0.2) is 6.10 Å². The van der Waals surface area contributed by atoms with E-state index in [1.165, 1.54) is 4.90 Å². The van der Waals surface area contributed by atoms with Gasteiger partial charge in [0.1, 0.15) is 6.10 Å². The van der Waals surface area contributed by atoms with Crippen LogP contribution in [0.4, 0.5) is 0 Å². The first-order valence-corrected chi connectivity index (χ1v) is 5.62. The summed E-state index contributed by atoms with van der Waals surface area (Å²) in [5, 5.41) is 47.5. The van der Waals surface area contributed by atoms with E-state index in [1.807, 2.05) is 0 Å². The third-order valence-electron chi connectivity index (χ3n) is 3.63. The first kappa shape index (κ1) is 12.7. The summed E-state index contributed by atoms with van der Waals surface area (Å²) in [6.07, 6.45) is -4.69. The second-order valence-corrected chi connectivity index (χ2v) is 4.69. The third-order valence-corrected chi connectivity index (χ3v) is 3.63. The van der Waals surface area contributed by atoms with E-state index in [4.69, 9.17) is 0 Å². The van der Waals surface area contributed by atoms with E-state index in [2.05, 4.69) is 0 Å². The zero-order chi connectivity index (χ0) is 12.7. The molecule has 0 aromatic rings. The summed E-state index contributed by atoms with van der Waals surface area (Å²) in [6.45, 7) is -0.497. The molecule has 0 unspecified atom stereocenters. The number of aliphatic hydroxyl groups excluding tert-OH is 5. The summed E-state index contributed by atoms with van der Waals surface area (Å²) in [6, 6.07) is -1.39. The van der Waals surface area contributed by atoms with Crippen molar-refractivity contribution in [1.29, 1.82) is 0 Å². The molecule has 98 valence electrons. The highest BCUT2D eigenvalue weighted by Crippen LogP contribution is 2.31. The number of hydrogen-bond acceptors (Lipinski definition) is 6. The summed E-state index contributed by atoms with van der Waals surface area (Å²) in [4.78, 5) is 13.0. The first-order valence-electron chi connectivity index (χ1n) is 5.62. The second-order valence-electron chi connectivity index (χ2n) is 4.69. The van der Waals surface area contributed by atoms with Crippen molar-refractivity contribution in [3.05, 3.63) is 0 Å². The molecule has 0 saturated carbocycles. The zero-order valence-electron chi connectivity index (χ0n) is 9.18. The van der Waals surface area contributed by atoms with Crippen molar-refractivity contribution < 1.29 is 30.3 Å². The lowest BCUT2D eigenvalue weighted by Crippen LogP contribution is -2.68. The van der Waals surface area contributed by atoms with E-state index < -0.39 is 49.0 Å². The summed E-state index contributed by atoms with van der Waals surface area (Å²) in [5.74, 6) is -0.709. The Bertz CT molecular complexity index is 309. The molecule has 6 atom stereocenters. The van der Waals surface area contributed by atoms with Gasteiger partial charge in [-0.05, 0) is 12.8 Å². The van der Waals surface area contributed by atoms with Crippen LogP contribution >= 0.6 is 0 Å². The molecule has 2 heterocycles. The fourth-order valence-corrected chi connectivity index (χ4v) is 2.70. The van der Waals surface area contributed by atoms with Crippen molar-refractivity contribution in [2.45, 2.75) is 49.3 Å². The molecule has 2 fully saturated rings. The lowest BCUT2D eigenvalue weighted by molar-refractivity contribution is -0.183. The number of fused-ring (bicyclic) bond motifs is 1. The Balaban J connectivity index is 2.26. The van der Waals surface area contributed by atoms with Gasteiger partial charge in [0, 0.05) is 6.04 Å². The Morgan fingerprint density at radius 1 is 1.12 bits per heavy atom. The van der Waals surface area contributed by atoms with E-state index in [0.717, 1.165) is 0 Å². The highest BCUT2D eigenvalue weighted by molar-refractivity contribution is 5.83. The minimum Gasteiger partial charge on any atom is -0.394 e. The number of carbonyl (C=O) groups excluding carboxylic acids is 1. The number of rotatable bonds is 1. The molecule has 0 radical (unpaired) electrons. The number of piperidine rings is 2. The molecule has 7 heteroatoms. The van der Waals surface area contributed by atoms with E-state index in [-0.39, 0.29) is 12.8 Å². The SMILES string of the molecule is O=C1[C@H](O)[C@H](O)C[C@H]2C[C@@H](O)[C@@H](O)[C@H](CO)N12. The Morgan fingerprint density at radius 3 is 2.29 bits per heavy atom. The molecule has 7 nitrogen and oxygen atoms in total. The van der Waals surface area contributed by atoms with Crippen LogP contribution in [-0.4, -0.2) is 79.4 Å². The maximum Gasteiger partial charge on any atom is 0.254 e. The van der Waals surface area contributed by atoms with Crippen molar-refractivity contribution in [1.82, 2.24) is 4.90 Å². The summed E-state index contributed by atoms with van der Waals surface area (Å²) in [5.41, 5.74) is 0. The van der Waals surface area contributed by atoms with Crippen LogP contribution in [0, 0.1) is 0 Å². The van der Waals surface area contributed by atoms with Gasteiger partial charge in [0.25, 0.3) is 5.91 Å². The van der Waals surface area contributed by atoms with Crippen LogP contribution in [0.2, 0.25) is 0 Å². The smallest absolute Gasteiger partial charge is 0.254 e. The molecular weight excluding hydrogens is 230 g/mol. The molecule has 5 N–H and O–H groups in total. The van der Waals surface area contributed by atoms with Gasteiger partial charge in [-0.15, -0.1) is 0 Å². The minimum atomic E-state index is -1.53. The van der Waals surface area contributed by atoms with Crippen LogP contribution in [0.5, 0.6) is 0 Å². The highest BCUT2D eigenvalue weighted by Gasteiger charge is 2.50. The van der Waals surface area contributed by atoms with Crippen LogP contribution in [0.3, 0.4) is 0 Å². The lowest BCUT2D eigenvalue weighted by Gasteiger charge is -2.50. The number of hydrogen-bond donors (Lipinski definition) is 5. The Kier molecular flexibility index (Phi) is 3.37. The summed E-state index contributed by atoms with van der Waals surface area (Å²) < 4.78 is 0. The highest BCUT2D eigenvalue weighted by atomic mass is 16.3. The number of carbonyl (C=O) groups is 1. The molecule has 0 spiro atoms. The van der Waals surface area contributed by atoms with E-state index >= 15 is 0 Å². The maximum absolute atomic E-state index is 11.8. The monoisotopic (exact) mass is 247 g/mol. The Hall–Kier alpha value is -0.730. The molecule has 17 heavy (non-hydrogen) atoms. The van der Waals surface area contributed by atoms with Crippen molar-refractivity contribution in [3.8, 4) is 0 Å². The molecular formula is C10H17NO6. The van der Waals surface area contributed by atoms with Crippen LogP contribution in [0.1, 0.15) is 12.8 Å². The van der Waals surface area contributed by atoms with Crippen LogP contribution in [0.25, 0.3) is 0 Å². The normalized spacial score (nSPS) is 46.9. The third kappa shape index (κ3) is 1.94. The fraction of sp³-hybridized carbons (Fsp3) is 0.900. The predicted octanol–water partition coefficient (Wildman–Crippen LogP) is -3.20. The van der Waals surface area contributed by atoms with Crippen molar-refractivity contribution in [3.63, 3.8) is 0 Å². The molecule has 1 amide bonds. The van der Waals surface area contributed by atoms with Crippen LogP contribution < -0.4 is 0 Å². The Labute approximate surface area is 97.9 Å². The van der Waals surface area contributed by atoms with Crippen molar-refractivity contribution in [2.75, 3.05) is 6.61 Å². The van der Waals surface area contributed by atoms with Crippen LogP contribution in [0.15, 0.2) is 0 Å². The van der Waals surface area contributed by atoms with Gasteiger partial charge < -0.3 is 30.4 Å². The molecule has 2 saturated heterocycles. The van der Waals surface area contributed by atoms with E-state index in [1.54, 1.807) is 0 Å². The lowest BCUT2D eigenvalue weighted by atomic mass is 9.83. The minimum absolute atomic E-state index is 0.132. The van der Waals surface area contributed by atoms with Gasteiger partial charge in [-0.1, -0.05) is 0 Å². The number of aliphatic hydroxyl groups is 5. The second kappa shape index (κ2) is 4.51. The predicted molar refractivity (Wildman–Crippen MR) is 54.8 cm³/mol. The van der Waals surface area contributed by atoms with E-state index in [9.17, 15) is 30.3 Å². The molecule has 2 rings (SSSR count). The van der Waals surface area contributed by atoms with Crippen LogP contribution in [-0.2, 0) is 4.79 Å². The molecule has 0 aliphatic carbocycles.